The second kappa shape index (κ2) is 9.89. The summed E-state index contributed by atoms with van der Waals surface area (Å²) in [6, 6.07) is 10.3. The normalized spacial score (nSPS) is 17.6. The number of nitriles is 1. The minimum atomic E-state index is -0.0211. The molecule has 0 saturated heterocycles. The highest BCUT2D eigenvalue weighted by Gasteiger charge is 2.27. The van der Waals surface area contributed by atoms with Crippen molar-refractivity contribution in [1.82, 2.24) is 34.8 Å². The summed E-state index contributed by atoms with van der Waals surface area (Å²) in [7, 11) is 1.90. The summed E-state index contributed by atoms with van der Waals surface area (Å²) in [5.41, 5.74) is 4.95. The van der Waals surface area contributed by atoms with E-state index in [2.05, 4.69) is 37.6 Å². The van der Waals surface area contributed by atoms with Crippen molar-refractivity contribution in [2.24, 2.45) is 13.0 Å². The first-order valence-electron chi connectivity index (χ1n) is 11.7. The maximum absolute atomic E-state index is 12.1. The lowest BCUT2D eigenvalue weighted by Crippen LogP contribution is -2.33. The number of nitrogens with zero attached hydrogens (tertiary/aromatic N) is 7. The molecule has 0 radical (unpaired) electrons. The third-order valence-corrected chi connectivity index (χ3v) is 6.53. The Morgan fingerprint density at radius 2 is 1.69 bits per heavy atom. The van der Waals surface area contributed by atoms with Crippen LogP contribution in [0.5, 0.6) is 0 Å². The van der Waals surface area contributed by atoms with Crippen LogP contribution in [0.15, 0.2) is 61.4 Å². The van der Waals surface area contributed by atoms with Gasteiger partial charge in [-0.3, -0.25) is 14.2 Å². The molecule has 4 aromatic rings. The van der Waals surface area contributed by atoms with E-state index in [1.165, 1.54) is 0 Å². The fraction of sp³-hybridized carbons (Fsp3) is 0.308. The van der Waals surface area contributed by atoms with Gasteiger partial charge in [0.1, 0.15) is 6.54 Å². The van der Waals surface area contributed by atoms with Gasteiger partial charge in [0.25, 0.3) is 0 Å². The summed E-state index contributed by atoms with van der Waals surface area (Å²) in [5.74, 6) is 0.626. The van der Waals surface area contributed by atoms with Crippen LogP contribution in [0.1, 0.15) is 31.7 Å². The van der Waals surface area contributed by atoms with Gasteiger partial charge in [0.2, 0.25) is 5.91 Å². The molecule has 0 unspecified atom stereocenters. The van der Waals surface area contributed by atoms with Gasteiger partial charge < -0.3 is 5.32 Å². The van der Waals surface area contributed by atoms with Gasteiger partial charge >= 0.3 is 0 Å². The Morgan fingerprint density at radius 3 is 2.40 bits per heavy atom. The number of carbonyl (C=O) groups is 1. The van der Waals surface area contributed by atoms with Crippen molar-refractivity contribution in [2.75, 3.05) is 6.54 Å². The van der Waals surface area contributed by atoms with Gasteiger partial charge in [-0.15, -0.1) is 0 Å². The Kier molecular flexibility index (Phi) is 6.35. The van der Waals surface area contributed by atoms with E-state index in [-0.39, 0.29) is 24.4 Å². The number of hydrogen-bond acceptors (Lipinski definition) is 6. The first kappa shape index (κ1) is 22.5. The monoisotopic (exact) mass is 466 g/mol. The summed E-state index contributed by atoms with van der Waals surface area (Å²) < 4.78 is 3.77. The zero-order valence-corrected chi connectivity index (χ0v) is 19.5. The molecule has 35 heavy (non-hydrogen) atoms. The molecular formula is C26H26N8O. The lowest BCUT2D eigenvalue weighted by Gasteiger charge is -2.27. The largest absolute Gasteiger partial charge is 0.343 e. The number of nitrogens with one attached hydrogen (secondary N) is 1. The number of aryl methyl sites for hydroxylation is 1. The summed E-state index contributed by atoms with van der Waals surface area (Å²) in [6.07, 6.45) is 14.7. The Balaban J connectivity index is 1.25. The Labute approximate surface area is 203 Å². The van der Waals surface area contributed by atoms with Crippen LogP contribution in [0.2, 0.25) is 0 Å². The van der Waals surface area contributed by atoms with Gasteiger partial charge in [0.15, 0.2) is 5.82 Å². The van der Waals surface area contributed by atoms with Crippen LogP contribution < -0.4 is 5.32 Å². The number of aromatic nitrogens is 6. The van der Waals surface area contributed by atoms with Gasteiger partial charge in [-0.2, -0.15) is 15.5 Å². The van der Waals surface area contributed by atoms with Crippen molar-refractivity contribution in [3.8, 4) is 39.7 Å². The van der Waals surface area contributed by atoms with Gasteiger partial charge in [0, 0.05) is 60.0 Å². The van der Waals surface area contributed by atoms with Crippen LogP contribution in [0, 0.1) is 17.2 Å². The fourth-order valence-electron chi connectivity index (χ4n) is 4.59. The summed E-state index contributed by atoms with van der Waals surface area (Å²) in [4.78, 5) is 21.3. The minimum absolute atomic E-state index is 0.0191. The van der Waals surface area contributed by atoms with Crippen LogP contribution in [0.25, 0.3) is 33.6 Å². The third-order valence-electron chi connectivity index (χ3n) is 6.53. The highest BCUT2D eigenvalue weighted by Crippen LogP contribution is 2.33. The molecule has 5 rings (SSSR count). The zero-order valence-electron chi connectivity index (χ0n) is 19.5. The first-order chi connectivity index (χ1) is 17.1. The SMILES string of the molecule is Cn1cc(-c2cccc(-c3ncc(-c4cnn(C5CCC(C(=O)NCC#N)CC5)c4)cn3)c2)cn1. The molecule has 1 aliphatic rings. The quantitative estimate of drug-likeness (QED) is 0.433. The van der Waals surface area contributed by atoms with E-state index in [4.69, 9.17) is 5.26 Å². The van der Waals surface area contributed by atoms with Crippen LogP contribution in [0.4, 0.5) is 0 Å². The van der Waals surface area contributed by atoms with Crippen molar-refractivity contribution in [3.05, 3.63) is 61.4 Å². The van der Waals surface area contributed by atoms with E-state index in [0.717, 1.165) is 53.5 Å². The molecule has 176 valence electrons. The van der Waals surface area contributed by atoms with Gasteiger partial charge in [-0.25, -0.2) is 9.97 Å². The Bertz CT molecular complexity index is 1360. The summed E-state index contributed by atoms with van der Waals surface area (Å²) >= 11 is 0. The van der Waals surface area contributed by atoms with Crippen molar-refractivity contribution >= 4 is 5.91 Å². The zero-order chi connectivity index (χ0) is 24.2. The average molecular weight is 467 g/mol. The molecule has 3 heterocycles. The fourth-order valence-corrected chi connectivity index (χ4v) is 4.59. The predicted octanol–water partition coefficient (Wildman–Crippen LogP) is 3.78. The molecule has 0 atom stereocenters. The summed E-state index contributed by atoms with van der Waals surface area (Å²) in [5, 5.41) is 20.1. The smallest absolute Gasteiger partial charge is 0.223 e. The minimum Gasteiger partial charge on any atom is -0.343 e. The molecule has 1 aliphatic carbocycles. The van der Waals surface area contributed by atoms with E-state index in [0.29, 0.717) is 5.82 Å². The maximum Gasteiger partial charge on any atom is 0.223 e. The van der Waals surface area contributed by atoms with E-state index in [9.17, 15) is 4.79 Å². The van der Waals surface area contributed by atoms with Crippen molar-refractivity contribution < 1.29 is 4.79 Å². The molecule has 3 aromatic heterocycles. The van der Waals surface area contributed by atoms with Gasteiger partial charge in [-0.05, 0) is 37.3 Å². The van der Waals surface area contributed by atoms with Gasteiger partial charge in [-0.1, -0.05) is 18.2 Å². The standard InChI is InChI=1S/C26H26N8O/c1-33-16-22(14-31-33)19-3-2-4-20(11-19)25-29-12-21(13-30-25)23-15-32-34(17-23)24-7-5-18(6-8-24)26(35)28-10-9-27/h2-4,11-18,24H,5-8,10H2,1H3,(H,28,35). The highest BCUT2D eigenvalue weighted by molar-refractivity contribution is 5.78. The molecule has 1 aromatic carbocycles. The third kappa shape index (κ3) is 4.96. The van der Waals surface area contributed by atoms with Crippen molar-refractivity contribution in [2.45, 2.75) is 31.7 Å². The van der Waals surface area contributed by atoms with Crippen LogP contribution in [-0.4, -0.2) is 42.0 Å². The molecule has 1 fully saturated rings. The number of hydrogen-bond donors (Lipinski definition) is 1. The summed E-state index contributed by atoms with van der Waals surface area (Å²) in [6.45, 7) is 0.0675. The second-order valence-corrected chi connectivity index (χ2v) is 8.87. The Hall–Kier alpha value is -4.32. The molecule has 1 saturated carbocycles. The molecule has 0 bridgehead atoms. The van der Waals surface area contributed by atoms with E-state index >= 15 is 0 Å². The molecule has 9 heteroatoms. The lowest BCUT2D eigenvalue weighted by atomic mass is 9.85. The number of rotatable bonds is 6. The molecule has 0 aliphatic heterocycles. The molecular weight excluding hydrogens is 440 g/mol. The average Bonchev–Trinajstić information content (AvgIpc) is 3.57. The maximum atomic E-state index is 12.1. The lowest BCUT2D eigenvalue weighted by molar-refractivity contribution is -0.125. The van der Waals surface area contributed by atoms with Crippen molar-refractivity contribution in [1.29, 1.82) is 5.26 Å². The second-order valence-electron chi connectivity index (χ2n) is 8.87. The number of carbonyl (C=O) groups excluding carboxylic acids is 1. The van der Waals surface area contributed by atoms with Gasteiger partial charge in [0.05, 0.1) is 24.5 Å². The highest BCUT2D eigenvalue weighted by atomic mass is 16.1. The Morgan fingerprint density at radius 1 is 0.971 bits per heavy atom. The molecule has 1 amide bonds. The first-order valence-corrected chi connectivity index (χ1v) is 11.7. The van der Waals surface area contributed by atoms with E-state index in [1.54, 1.807) is 4.68 Å². The van der Waals surface area contributed by atoms with E-state index in [1.807, 2.05) is 67.1 Å². The number of benzene rings is 1. The van der Waals surface area contributed by atoms with Crippen molar-refractivity contribution in [3.63, 3.8) is 0 Å². The van der Waals surface area contributed by atoms with Crippen LogP contribution in [0.3, 0.4) is 0 Å². The predicted molar refractivity (Wildman–Crippen MR) is 131 cm³/mol. The topological polar surface area (TPSA) is 114 Å². The molecule has 0 spiro atoms. The molecule has 1 N–H and O–H groups in total. The van der Waals surface area contributed by atoms with E-state index < -0.39 is 0 Å². The van der Waals surface area contributed by atoms with Crippen LogP contribution in [-0.2, 0) is 11.8 Å². The molecule has 9 nitrogen and oxygen atoms in total. The number of amides is 1. The van der Waals surface area contributed by atoms with Crippen LogP contribution >= 0.6 is 0 Å².